The van der Waals surface area contributed by atoms with Gasteiger partial charge >= 0.3 is 0 Å². The number of furan rings is 1. The average molecular weight is 258 g/mol. The van der Waals surface area contributed by atoms with Crippen molar-refractivity contribution in [2.75, 3.05) is 6.54 Å². The highest BCUT2D eigenvalue weighted by molar-refractivity contribution is 5.78. The third-order valence-electron chi connectivity index (χ3n) is 3.63. The van der Waals surface area contributed by atoms with Gasteiger partial charge in [-0.25, -0.2) is 0 Å². The molecule has 1 aromatic heterocycles. The van der Waals surface area contributed by atoms with E-state index in [2.05, 4.69) is 23.6 Å². The first-order chi connectivity index (χ1) is 9.22. The van der Waals surface area contributed by atoms with E-state index in [1.807, 2.05) is 24.3 Å². The van der Waals surface area contributed by atoms with Crippen molar-refractivity contribution < 1.29 is 9.21 Å². The average Bonchev–Trinajstić information content (AvgIpc) is 3.01. The Morgan fingerprint density at radius 3 is 3.05 bits per heavy atom. The minimum atomic E-state index is 0.143. The number of para-hydroxylation sites is 1. The summed E-state index contributed by atoms with van der Waals surface area (Å²) in [7, 11) is 0. The predicted octanol–water partition coefficient (Wildman–Crippen LogP) is 2.36. The Hall–Kier alpha value is -1.81. The lowest BCUT2D eigenvalue weighted by Gasteiger charge is -2.15. The highest BCUT2D eigenvalue weighted by atomic mass is 16.3. The van der Waals surface area contributed by atoms with E-state index < -0.39 is 0 Å². The maximum absolute atomic E-state index is 11.1. The summed E-state index contributed by atoms with van der Waals surface area (Å²) in [6.45, 7) is 2.86. The summed E-state index contributed by atoms with van der Waals surface area (Å²) in [5.41, 5.74) is 0.917. The molecule has 0 radical (unpaired) electrons. The van der Waals surface area contributed by atoms with E-state index in [4.69, 9.17) is 4.42 Å². The number of carbonyl (C=O) groups is 1. The standard InChI is InChI=1S/C15H18N2O2/c1-10(16-9-12-6-7-15(18)17-12)14-8-11-4-2-3-5-13(11)19-14/h2-5,8,10,12,16H,6-7,9H2,1H3,(H,17,18). The highest BCUT2D eigenvalue weighted by Gasteiger charge is 2.21. The number of rotatable bonds is 4. The third kappa shape index (κ3) is 2.63. The predicted molar refractivity (Wildman–Crippen MR) is 73.8 cm³/mol. The van der Waals surface area contributed by atoms with Gasteiger partial charge < -0.3 is 15.1 Å². The molecule has 1 amide bonds. The quantitative estimate of drug-likeness (QED) is 0.885. The Morgan fingerprint density at radius 2 is 2.32 bits per heavy atom. The molecule has 1 fully saturated rings. The molecule has 1 aliphatic heterocycles. The van der Waals surface area contributed by atoms with Crippen molar-refractivity contribution in [1.82, 2.24) is 10.6 Å². The van der Waals surface area contributed by atoms with Crippen molar-refractivity contribution in [2.45, 2.75) is 31.8 Å². The van der Waals surface area contributed by atoms with Crippen molar-refractivity contribution in [3.63, 3.8) is 0 Å². The fourth-order valence-corrected chi connectivity index (χ4v) is 2.47. The van der Waals surface area contributed by atoms with Crippen LogP contribution in [0.15, 0.2) is 34.7 Å². The van der Waals surface area contributed by atoms with E-state index in [0.717, 1.165) is 29.7 Å². The van der Waals surface area contributed by atoms with Crippen LogP contribution >= 0.6 is 0 Å². The van der Waals surface area contributed by atoms with Gasteiger partial charge in [0.05, 0.1) is 6.04 Å². The molecule has 4 heteroatoms. The van der Waals surface area contributed by atoms with E-state index in [9.17, 15) is 4.79 Å². The van der Waals surface area contributed by atoms with Gasteiger partial charge in [0.25, 0.3) is 0 Å². The van der Waals surface area contributed by atoms with Crippen molar-refractivity contribution in [1.29, 1.82) is 0 Å². The van der Waals surface area contributed by atoms with Crippen LogP contribution < -0.4 is 10.6 Å². The molecule has 19 heavy (non-hydrogen) atoms. The SMILES string of the molecule is CC(NCC1CCC(=O)N1)c1cc2ccccc2o1. The monoisotopic (exact) mass is 258 g/mol. The molecule has 2 unspecified atom stereocenters. The van der Waals surface area contributed by atoms with Crippen LogP contribution in [0.4, 0.5) is 0 Å². The fraction of sp³-hybridized carbons (Fsp3) is 0.400. The molecule has 2 N–H and O–H groups in total. The topological polar surface area (TPSA) is 54.3 Å². The molecular weight excluding hydrogens is 240 g/mol. The minimum absolute atomic E-state index is 0.143. The Morgan fingerprint density at radius 1 is 1.47 bits per heavy atom. The van der Waals surface area contributed by atoms with Gasteiger partial charge in [0.15, 0.2) is 0 Å². The summed E-state index contributed by atoms with van der Waals surface area (Å²) in [5.74, 6) is 1.09. The molecule has 2 atom stereocenters. The number of hydrogen-bond acceptors (Lipinski definition) is 3. The first kappa shape index (κ1) is 12.2. The lowest BCUT2D eigenvalue weighted by Crippen LogP contribution is -2.36. The fourth-order valence-electron chi connectivity index (χ4n) is 2.47. The zero-order valence-electron chi connectivity index (χ0n) is 11.0. The normalized spacial score (nSPS) is 20.7. The zero-order valence-corrected chi connectivity index (χ0v) is 11.0. The van der Waals surface area contributed by atoms with E-state index in [1.165, 1.54) is 0 Å². The first-order valence-electron chi connectivity index (χ1n) is 6.73. The molecule has 1 saturated heterocycles. The third-order valence-corrected chi connectivity index (χ3v) is 3.63. The summed E-state index contributed by atoms with van der Waals surface area (Å²) in [6.07, 6.45) is 1.56. The van der Waals surface area contributed by atoms with E-state index in [0.29, 0.717) is 6.42 Å². The van der Waals surface area contributed by atoms with E-state index >= 15 is 0 Å². The smallest absolute Gasteiger partial charge is 0.220 e. The largest absolute Gasteiger partial charge is 0.459 e. The Bertz CT molecular complexity index is 558. The number of nitrogens with one attached hydrogen (secondary N) is 2. The Labute approximate surface area is 112 Å². The van der Waals surface area contributed by atoms with E-state index in [1.54, 1.807) is 0 Å². The summed E-state index contributed by atoms with van der Waals surface area (Å²) in [4.78, 5) is 11.1. The zero-order chi connectivity index (χ0) is 13.2. The second-order valence-electron chi connectivity index (χ2n) is 5.12. The highest BCUT2D eigenvalue weighted by Crippen LogP contribution is 2.23. The van der Waals surface area contributed by atoms with Gasteiger partial charge in [-0.15, -0.1) is 0 Å². The van der Waals surface area contributed by atoms with Gasteiger partial charge in [-0.3, -0.25) is 4.79 Å². The second-order valence-corrected chi connectivity index (χ2v) is 5.12. The van der Waals surface area contributed by atoms with Gasteiger partial charge in [-0.1, -0.05) is 18.2 Å². The molecule has 1 aromatic carbocycles. The van der Waals surface area contributed by atoms with Gasteiger partial charge in [0, 0.05) is 24.4 Å². The van der Waals surface area contributed by atoms with Crippen LogP contribution in [-0.4, -0.2) is 18.5 Å². The maximum Gasteiger partial charge on any atom is 0.220 e. The minimum Gasteiger partial charge on any atom is -0.459 e. The molecule has 2 heterocycles. The Balaban J connectivity index is 1.63. The number of hydrogen-bond donors (Lipinski definition) is 2. The number of carbonyl (C=O) groups excluding carboxylic acids is 1. The molecule has 4 nitrogen and oxygen atoms in total. The summed E-state index contributed by atoms with van der Waals surface area (Å²) in [6, 6.07) is 10.5. The van der Waals surface area contributed by atoms with Crippen LogP contribution in [-0.2, 0) is 4.79 Å². The summed E-state index contributed by atoms with van der Waals surface area (Å²) >= 11 is 0. The second kappa shape index (κ2) is 5.05. The molecule has 1 aliphatic rings. The molecule has 3 rings (SSSR count). The molecule has 2 aromatic rings. The molecular formula is C15H18N2O2. The van der Waals surface area contributed by atoms with Crippen LogP contribution in [0, 0.1) is 0 Å². The van der Waals surface area contributed by atoms with Crippen LogP contribution in [0.1, 0.15) is 31.6 Å². The van der Waals surface area contributed by atoms with Crippen LogP contribution in [0.25, 0.3) is 11.0 Å². The van der Waals surface area contributed by atoms with Crippen molar-refractivity contribution in [3.8, 4) is 0 Å². The summed E-state index contributed by atoms with van der Waals surface area (Å²) in [5, 5.41) is 7.49. The molecule has 0 spiro atoms. The van der Waals surface area contributed by atoms with Gasteiger partial charge in [0.1, 0.15) is 11.3 Å². The lowest BCUT2D eigenvalue weighted by atomic mass is 10.2. The van der Waals surface area contributed by atoms with Gasteiger partial charge in [-0.2, -0.15) is 0 Å². The number of fused-ring (bicyclic) bond motifs is 1. The van der Waals surface area contributed by atoms with Crippen molar-refractivity contribution >= 4 is 16.9 Å². The maximum atomic E-state index is 11.1. The van der Waals surface area contributed by atoms with Crippen molar-refractivity contribution in [2.24, 2.45) is 0 Å². The van der Waals surface area contributed by atoms with Crippen LogP contribution in [0.5, 0.6) is 0 Å². The molecule has 0 aliphatic carbocycles. The van der Waals surface area contributed by atoms with E-state index in [-0.39, 0.29) is 18.0 Å². The number of benzene rings is 1. The molecule has 0 saturated carbocycles. The lowest BCUT2D eigenvalue weighted by molar-refractivity contribution is -0.119. The summed E-state index contributed by atoms with van der Waals surface area (Å²) < 4.78 is 5.82. The molecule has 100 valence electrons. The van der Waals surface area contributed by atoms with Crippen LogP contribution in [0.2, 0.25) is 0 Å². The van der Waals surface area contributed by atoms with Gasteiger partial charge in [0.2, 0.25) is 5.91 Å². The van der Waals surface area contributed by atoms with Crippen LogP contribution in [0.3, 0.4) is 0 Å². The molecule has 0 bridgehead atoms. The number of amides is 1. The van der Waals surface area contributed by atoms with Gasteiger partial charge in [-0.05, 0) is 25.5 Å². The Kier molecular flexibility index (Phi) is 3.25. The van der Waals surface area contributed by atoms with Crippen molar-refractivity contribution in [3.05, 3.63) is 36.1 Å². The first-order valence-corrected chi connectivity index (χ1v) is 6.73.